The summed E-state index contributed by atoms with van der Waals surface area (Å²) in [6.45, 7) is 5.21. The van der Waals surface area contributed by atoms with Gasteiger partial charge >= 0.3 is 0 Å². The lowest BCUT2D eigenvalue weighted by Crippen LogP contribution is -2.28. The molecule has 0 spiro atoms. The first-order valence-electron chi connectivity index (χ1n) is 9.64. The van der Waals surface area contributed by atoms with Crippen LogP contribution in [-0.4, -0.2) is 38.3 Å². The van der Waals surface area contributed by atoms with Crippen molar-refractivity contribution in [2.24, 2.45) is 0 Å². The Balaban J connectivity index is 1.66. The third-order valence-corrected chi connectivity index (χ3v) is 6.89. The number of para-hydroxylation sites is 1. The van der Waals surface area contributed by atoms with Gasteiger partial charge in [0.1, 0.15) is 0 Å². The van der Waals surface area contributed by atoms with E-state index < -0.39 is 10.0 Å². The topological polar surface area (TPSA) is 78.5 Å². The van der Waals surface area contributed by atoms with Crippen molar-refractivity contribution in [3.05, 3.63) is 53.6 Å². The molecule has 150 valence electrons. The van der Waals surface area contributed by atoms with Crippen molar-refractivity contribution in [3.63, 3.8) is 0 Å². The Labute approximate surface area is 167 Å². The minimum absolute atomic E-state index is 0.0602. The number of nitrogens with zero attached hydrogens (tertiary/aromatic N) is 1. The third-order valence-electron chi connectivity index (χ3n) is 4.99. The van der Waals surface area contributed by atoms with Crippen molar-refractivity contribution in [2.45, 2.75) is 38.0 Å². The summed E-state index contributed by atoms with van der Waals surface area (Å²) in [5, 5.41) is 5.99. The SMILES string of the molecule is CCc1cccc(C)c1NC(=O)CNc1cccc(S(=O)(=O)N2CCCC2)c1. The summed E-state index contributed by atoms with van der Waals surface area (Å²) >= 11 is 0. The Morgan fingerprint density at radius 2 is 1.82 bits per heavy atom. The summed E-state index contributed by atoms with van der Waals surface area (Å²) in [5.74, 6) is -0.170. The van der Waals surface area contributed by atoms with Crippen LogP contribution >= 0.6 is 0 Å². The lowest BCUT2D eigenvalue weighted by molar-refractivity contribution is -0.114. The Hall–Kier alpha value is -2.38. The zero-order chi connectivity index (χ0) is 20.1. The molecular formula is C21H27N3O3S. The van der Waals surface area contributed by atoms with E-state index in [2.05, 4.69) is 17.6 Å². The molecule has 1 aliphatic rings. The van der Waals surface area contributed by atoms with Crippen molar-refractivity contribution in [2.75, 3.05) is 30.3 Å². The highest BCUT2D eigenvalue weighted by atomic mass is 32.2. The normalized spacial score (nSPS) is 14.8. The average molecular weight is 402 g/mol. The van der Waals surface area contributed by atoms with Gasteiger partial charge in [0.05, 0.1) is 11.4 Å². The average Bonchev–Trinajstić information content (AvgIpc) is 3.24. The molecule has 0 atom stereocenters. The van der Waals surface area contributed by atoms with Gasteiger partial charge in [0.15, 0.2) is 0 Å². The monoisotopic (exact) mass is 401 g/mol. The number of amides is 1. The predicted octanol–water partition coefficient (Wildman–Crippen LogP) is 3.39. The van der Waals surface area contributed by atoms with Crippen molar-refractivity contribution in [1.29, 1.82) is 0 Å². The first kappa shape index (κ1) is 20.4. The second-order valence-electron chi connectivity index (χ2n) is 7.00. The first-order chi connectivity index (χ1) is 13.4. The van der Waals surface area contributed by atoms with Gasteiger partial charge in [-0.15, -0.1) is 0 Å². The Kier molecular flexibility index (Phi) is 6.36. The molecule has 0 radical (unpaired) electrons. The molecule has 1 saturated heterocycles. The van der Waals surface area contributed by atoms with Crippen LogP contribution in [-0.2, 0) is 21.2 Å². The van der Waals surface area contributed by atoms with Crippen LogP contribution < -0.4 is 10.6 Å². The number of benzene rings is 2. The number of sulfonamides is 1. The van der Waals surface area contributed by atoms with Crippen molar-refractivity contribution in [1.82, 2.24) is 4.31 Å². The van der Waals surface area contributed by atoms with Gasteiger partial charge < -0.3 is 10.6 Å². The van der Waals surface area contributed by atoms with Crippen molar-refractivity contribution >= 4 is 27.3 Å². The largest absolute Gasteiger partial charge is 0.376 e. The molecule has 0 unspecified atom stereocenters. The zero-order valence-electron chi connectivity index (χ0n) is 16.4. The molecular weight excluding hydrogens is 374 g/mol. The van der Waals surface area contributed by atoms with E-state index in [1.165, 1.54) is 4.31 Å². The standard InChI is InChI=1S/C21H27N3O3S/c1-3-17-9-6-8-16(2)21(17)23-20(25)15-22-18-10-7-11-19(14-18)28(26,27)24-12-4-5-13-24/h6-11,14,22H,3-5,12-13,15H2,1-2H3,(H,23,25). The van der Waals surface area contributed by atoms with E-state index in [0.29, 0.717) is 18.8 Å². The summed E-state index contributed by atoms with van der Waals surface area (Å²) in [6, 6.07) is 12.6. The van der Waals surface area contributed by atoms with Crippen LogP contribution in [0.15, 0.2) is 47.4 Å². The highest BCUT2D eigenvalue weighted by molar-refractivity contribution is 7.89. The molecule has 0 saturated carbocycles. The first-order valence-corrected chi connectivity index (χ1v) is 11.1. The third kappa shape index (κ3) is 4.54. The lowest BCUT2D eigenvalue weighted by Gasteiger charge is -2.16. The molecule has 2 aromatic rings. The Morgan fingerprint density at radius 1 is 1.11 bits per heavy atom. The number of nitrogens with one attached hydrogen (secondary N) is 2. The van der Waals surface area contributed by atoms with E-state index in [0.717, 1.165) is 36.1 Å². The molecule has 0 bridgehead atoms. The number of carbonyl (C=O) groups is 1. The second-order valence-corrected chi connectivity index (χ2v) is 8.94. The molecule has 3 rings (SSSR count). The van der Waals surface area contributed by atoms with E-state index in [9.17, 15) is 13.2 Å². The zero-order valence-corrected chi connectivity index (χ0v) is 17.2. The number of hydrogen-bond acceptors (Lipinski definition) is 4. The lowest BCUT2D eigenvalue weighted by atomic mass is 10.1. The maximum absolute atomic E-state index is 12.7. The molecule has 1 amide bonds. The van der Waals surface area contributed by atoms with Gasteiger partial charge in [-0.05, 0) is 55.5 Å². The van der Waals surface area contributed by atoms with Crippen LogP contribution in [0.1, 0.15) is 30.9 Å². The Morgan fingerprint density at radius 3 is 2.54 bits per heavy atom. The maximum atomic E-state index is 12.7. The molecule has 0 aromatic heterocycles. The van der Waals surface area contributed by atoms with Gasteiger partial charge in [0.2, 0.25) is 15.9 Å². The van der Waals surface area contributed by atoms with Gasteiger partial charge in [0, 0.05) is 24.5 Å². The highest BCUT2D eigenvalue weighted by Crippen LogP contribution is 2.23. The van der Waals surface area contributed by atoms with Crippen LogP contribution in [0.3, 0.4) is 0 Å². The van der Waals surface area contributed by atoms with E-state index in [1.807, 2.05) is 25.1 Å². The van der Waals surface area contributed by atoms with E-state index in [4.69, 9.17) is 0 Å². The second kappa shape index (κ2) is 8.75. The fraction of sp³-hybridized carbons (Fsp3) is 0.381. The van der Waals surface area contributed by atoms with Gasteiger partial charge in [0.25, 0.3) is 0 Å². The minimum Gasteiger partial charge on any atom is -0.376 e. The van der Waals surface area contributed by atoms with Crippen molar-refractivity contribution < 1.29 is 13.2 Å². The number of anilines is 2. The van der Waals surface area contributed by atoms with Crippen LogP contribution in [0.2, 0.25) is 0 Å². The van der Waals surface area contributed by atoms with Crippen LogP contribution in [0.5, 0.6) is 0 Å². The molecule has 6 nitrogen and oxygen atoms in total. The van der Waals surface area contributed by atoms with Crippen LogP contribution in [0, 0.1) is 6.92 Å². The summed E-state index contributed by atoms with van der Waals surface area (Å²) in [7, 11) is -3.47. The number of rotatable bonds is 7. The van der Waals surface area contributed by atoms with Crippen LogP contribution in [0.25, 0.3) is 0 Å². The quantitative estimate of drug-likeness (QED) is 0.745. The molecule has 1 heterocycles. The molecule has 28 heavy (non-hydrogen) atoms. The molecule has 0 aliphatic carbocycles. The van der Waals surface area contributed by atoms with E-state index >= 15 is 0 Å². The van der Waals surface area contributed by atoms with Gasteiger partial charge in [-0.25, -0.2) is 8.42 Å². The van der Waals surface area contributed by atoms with Gasteiger partial charge in [-0.2, -0.15) is 4.31 Å². The Bertz CT molecular complexity index is 951. The number of aryl methyl sites for hydroxylation is 2. The molecule has 2 N–H and O–H groups in total. The molecule has 1 fully saturated rings. The summed E-state index contributed by atoms with van der Waals surface area (Å²) in [5.41, 5.74) is 3.57. The fourth-order valence-electron chi connectivity index (χ4n) is 3.41. The summed E-state index contributed by atoms with van der Waals surface area (Å²) in [4.78, 5) is 12.7. The fourth-order valence-corrected chi connectivity index (χ4v) is 4.98. The van der Waals surface area contributed by atoms with Gasteiger partial charge in [-0.1, -0.05) is 31.2 Å². The van der Waals surface area contributed by atoms with Gasteiger partial charge in [-0.3, -0.25) is 4.79 Å². The minimum atomic E-state index is -3.47. The predicted molar refractivity (Wildman–Crippen MR) is 112 cm³/mol. The number of carbonyl (C=O) groups excluding carboxylic acids is 1. The smallest absolute Gasteiger partial charge is 0.243 e. The molecule has 2 aromatic carbocycles. The maximum Gasteiger partial charge on any atom is 0.243 e. The number of hydrogen-bond donors (Lipinski definition) is 2. The van der Waals surface area contributed by atoms with E-state index in [1.54, 1.807) is 24.3 Å². The highest BCUT2D eigenvalue weighted by Gasteiger charge is 2.27. The summed E-state index contributed by atoms with van der Waals surface area (Å²) < 4.78 is 26.9. The van der Waals surface area contributed by atoms with E-state index in [-0.39, 0.29) is 17.3 Å². The molecule has 1 aliphatic heterocycles. The summed E-state index contributed by atoms with van der Waals surface area (Å²) in [6.07, 6.45) is 2.63. The van der Waals surface area contributed by atoms with Crippen LogP contribution in [0.4, 0.5) is 11.4 Å². The van der Waals surface area contributed by atoms with Crippen molar-refractivity contribution in [3.8, 4) is 0 Å². The molecule has 7 heteroatoms.